The molecule has 1 aromatic heterocycles. The van der Waals surface area contributed by atoms with Gasteiger partial charge in [0.25, 0.3) is 0 Å². The molecule has 0 fully saturated rings. The van der Waals surface area contributed by atoms with Gasteiger partial charge in [-0.25, -0.2) is 9.97 Å². The van der Waals surface area contributed by atoms with Gasteiger partial charge in [0.15, 0.2) is 0 Å². The van der Waals surface area contributed by atoms with Crippen molar-refractivity contribution in [3.05, 3.63) is 203 Å². The highest BCUT2D eigenvalue weighted by molar-refractivity contribution is 5.88. The summed E-state index contributed by atoms with van der Waals surface area (Å²) in [5.41, 5.74) is 19.5. The predicted octanol–water partition coefficient (Wildman–Crippen LogP) is 14.3. The van der Waals surface area contributed by atoms with Crippen molar-refractivity contribution >= 4 is 34.4 Å². The van der Waals surface area contributed by atoms with Crippen LogP contribution in [0.3, 0.4) is 0 Å². The molecular formula is C52H46N4. The Kier molecular flexibility index (Phi) is 10.0. The molecule has 0 aliphatic heterocycles. The fourth-order valence-electron chi connectivity index (χ4n) is 8.19. The number of benzene rings is 7. The van der Waals surface area contributed by atoms with Crippen LogP contribution in [-0.4, -0.2) is 9.97 Å². The summed E-state index contributed by atoms with van der Waals surface area (Å²) in [5.74, 6) is 0.597. The molecule has 0 saturated heterocycles. The van der Waals surface area contributed by atoms with E-state index >= 15 is 0 Å². The number of anilines is 6. The molecule has 4 heteroatoms. The van der Waals surface area contributed by atoms with Crippen LogP contribution in [-0.2, 0) is 0 Å². The topological polar surface area (TPSA) is 32.3 Å². The summed E-state index contributed by atoms with van der Waals surface area (Å²) in [6, 6.07) is 58.2. The molecule has 56 heavy (non-hydrogen) atoms. The molecule has 0 atom stereocenters. The van der Waals surface area contributed by atoms with Crippen LogP contribution in [0.1, 0.15) is 33.4 Å². The Morgan fingerprint density at radius 2 is 0.839 bits per heavy atom. The molecule has 8 rings (SSSR count). The van der Waals surface area contributed by atoms with Gasteiger partial charge in [0.2, 0.25) is 5.95 Å². The Labute approximate surface area is 331 Å². The van der Waals surface area contributed by atoms with Gasteiger partial charge >= 0.3 is 0 Å². The number of aryl methyl sites for hydroxylation is 6. The summed E-state index contributed by atoms with van der Waals surface area (Å²) in [6.45, 7) is 13.2. The van der Waals surface area contributed by atoms with Crippen molar-refractivity contribution in [1.29, 1.82) is 0 Å². The van der Waals surface area contributed by atoms with Gasteiger partial charge in [-0.1, -0.05) is 132 Å². The molecule has 7 aromatic carbocycles. The van der Waals surface area contributed by atoms with Gasteiger partial charge in [0.05, 0.1) is 17.1 Å². The third-order valence-electron chi connectivity index (χ3n) is 10.4. The van der Waals surface area contributed by atoms with Crippen molar-refractivity contribution in [3.8, 4) is 33.5 Å². The average molecular weight is 727 g/mol. The molecule has 0 spiro atoms. The Bertz CT molecular complexity index is 2540. The predicted molar refractivity (Wildman–Crippen MR) is 236 cm³/mol. The first-order valence-electron chi connectivity index (χ1n) is 19.2. The molecule has 1 heterocycles. The fourth-order valence-corrected chi connectivity index (χ4v) is 8.19. The van der Waals surface area contributed by atoms with Crippen molar-refractivity contribution in [2.75, 3.05) is 9.80 Å². The third kappa shape index (κ3) is 7.22. The summed E-state index contributed by atoms with van der Waals surface area (Å²) in [6.07, 6.45) is 1.86. The van der Waals surface area contributed by atoms with Gasteiger partial charge in [-0.15, -0.1) is 0 Å². The molecule has 0 saturated carbocycles. The van der Waals surface area contributed by atoms with Crippen molar-refractivity contribution in [2.45, 2.75) is 41.5 Å². The first kappa shape index (κ1) is 36.2. The van der Waals surface area contributed by atoms with Crippen LogP contribution in [0.5, 0.6) is 0 Å². The minimum absolute atomic E-state index is 0.597. The van der Waals surface area contributed by atoms with Crippen LogP contribution in [0.2, 0.25) is 0 Å². The largest absolute Gasteiger partial charge is 0.309 e. The van der Waals surface area contributed by atoms with Crippen molar-refractivity contribution in [1.82, 2.24) is 9.97 Å². The van der Waals surface area contributed by atoms with Crippen LogP contribution in [0, 0.1) is 41.5 Å². The number of rotatable bonds is 9. The smallest absolute Gasteiger partial charge is 0.235 e. The summed E-state index contributed by atoms with van der Waals surface area (Å²) < 4.78 is 0. The van der Waals surface area contributed by atoms with E-state index in [1.54, 1.807) is 0 Å². The lowest BCUT2D eigenvalue weighted by Crippen LogP contribution is -2.17. The summed E-state index contributed by atoms with van der Waals surface area (Å²) in [4.78, 5) is 14.7. The van der Waals surface area contributed by atoms with E-state index in [0.717, 1.165) is 39.4 Å². The fraction of sp³-hybridized carbons (Fsp3) is 0.115. The van der Waals surface area contributed by atoms with Crippen LogP contribution < -0.4 is 9.80 Å². The minimum atomic E-state index is 0.597. The molecule has 0 aliphatic carbocycles. The second-order valence-corrected chi connectivity index (χ2v) is 14.8. The van der Waals surface area contributed by atoms with Crippen LogP contribution in [0.4, 0.5) is 34.4 Å². The number of aromatic nitrogens is 2. The van der Waals surface area contributed by atoms with Gasteiger partial charge < -0.3 is 4.90 Å². The Balaban J connectivity index is 1.29. The lowest BCUT2D eigenvalue weighted by Gasteiger charge is -2.32. The van der Waals surface area contributed by atoms with Gasteiger partial charge in [-0.2, -0.15) is 0 Å². The monoisotopic (exact) mass is 726 g/mol. The van der Waals surface area contributed by atoms with E-state index in [4.69, 9.17) is 9.97 Å². The zero-order valence-electron chi connectivity index (χ0n) is 33.0. The second-order valence-electron chi connectivity index (χ2n) is 14.8. The highest BCUT2D eigenvalue weighted by Gasteiger charge is 2.23. The lowest BCUT2D eigenvalue weighted by molar-refractivity contribution is 1.08. The Hall–Kier alpha value is -6.78. The van der Waals surface area contributed by atoms with E-state index in [-0.39, 0.29) is 0 Å². The summed E-state index contributed by atoms with van der Waals surface area (Å²) >= 11 is 0. The molecule has 4 nitrogen and oxygen atoms in total. The highest BCUT2D eigenvalue weighted by Crippen LogP contribution is 2.44. The van der Waals surface area contributed by atoms with E-state index in [0.29, 0.717) is 5.95 Å². The zero-order valence-corrected chi connectivity index (χ0v) is 33.0. The van der Waals surface area contributed by atoms with Crippen molar-refractivity contribution in [3.63, 3.8) is 0 Å². The lowest BCUT2D eigenvalue weighted by atomic mass is 9.94. The number of hydrogen-bond donors (Lipinski definition) is 0. The van der Waals surface area contributed by atoms with Crippen molar-refractivity contribution in [2.24, 2.45) is 0 Å². The molecule has 8 aromatic rings. The van der Waals surface area contributed by atoms with Gasteiger partial charge in [-0.05, 0) is 129 Å². The molecule has 274 valence electrons. The molecule has 0 N–H and O–H groups in total. The molecule has 0 unspecified atom stereocenters. The van der Waals surface area contributed by atoms with Gasteiger partial charge in [-0.3, -0.25) is 4.90 Å². The highest BCUT2D eigenvalue weighted by atomic mass is 15.3. The van der Waals surface area contributed by atoms with E-state index in [9.17, 15) is 0 Å². The molecule has 0 radical (unpaired) electrons. The second kappa shape index (κ2) is 15.5. The van der Waals surface area contributed by atoms with Crippen LogP contribution in [0.15, 0.2) is 170 Å². The van der Waals surface area contributed by atoms with Gasteiger partial charge in [0.1, 0.15) is 0 Å². The summed E-state index contributed by atoms with van der Waals surface area (Å²) in [7, 11) is 0. The van der Waals surface area contributed by atoms with E-state index in [2.05, 4.69) is 191 Å². The SMILES string of the molecule is Cc1cc(C)c(N(c2ccc(N(c3cccc(-c4ccccc4-c4ccccc4)c3)c3nccc(-c4ccccc4)n3)cc2)c2c(C)cc(C)cc2C)c(C)c1. The molecule has 0 bridgehead atoms. The molecule has 0 aliphatic rings. The van der Waals surface area contributed by atoms with E-state index in [1.165, 1.54) is 55.9 Å². The van der Waals surface area contributed by atoms with E-state index < -0.39 is 0 Å². The van der Waals surface area contributed by atoms with Crippen molar-refractivity contribution < 1.29 is 0 Å². The maximum absolute atomic E-state index is 5.18. The first-order valence-corrected chi connectivity index (χ1v) is 19.2. The standard InChI is InChI=1S/C52H46N4/c1-35-30-37(3)50(38(4)31-35)56(51-39(5)32-36(2)33-40(51)6)45-26-24-44(25-27-45)55(52-53-29-28-49(54-52)42-18-11-8-12-19-42)46-21-15-20-43(34-46)48-23-14-13-22-47(48)41-16-9-7-10-17-41/h7-34H,1-6H3. The summed E-state index contributed by atoms with van der Waals surface area (Å²) in [5, 5.41) is 0. The molecule has 0 amide bonds. The van der Waals surface area contributed by atoms with Crippen LogP contribution >= 0.6 is 0 Å². The zero-order chi connectivity index (χ0) is 38.8. The van der Waals surface area contributed by atoms with E-state index in [1.807, 2.05) is 30.5 Å². The van der Waals surface area contributed by atoms with Gasteiger partial charge in [0, 0.05) is 28.8 Å². The number of nitrogens with zero attached hydrogens (tertiary/aromatic N) is 4. The minimum Gasteiger partial charge on any atom is -0.309 e. The quantitative estimate of drug-likeness (QED) is 0.148. The Morgan fingerprint density at radius 1 is 0.375 bits per heavy atom. The van der Waals surface area contributed by atoms with Crippen LogP contribution in [0.25, 0.3) is 33.5 Å². The average Bonchev–Trinajstić information content (AvgIpc) is 3.21. The first-order chi connectivity index (χ1) is 27.2. The maximum atomic E-state index is 5.18. The third-order valence-corrected chi connectivity index (χ3v) is 10.4. The number of hydrogen-bond acceptors (Lipinski definition) is 4. The molecular weight excluding hydrogens is 681 g/mol. The normalized spacial score (nSPS) is 11.0. The Morgan fingerprint density at radius 3 is 1.39 bits per heavy atom. The maximum Gasteiger partial charge on any atom is 0.235 e.